The number of fused-ring (bicyclic) bond motifs is 2. The zero-order valence-corrected chi connectivity index (χ0v) is 19.0. The highest BCUT2D eigenvalue weighted by Gasteiger charge is 2.41. The fourth-order valence-electron chi connectivity index (χ4n) is 3.33. The van der Waals surface area contributed by atoms with Crippen LogP contribution in [0.25, 0.3) is 10.2 Å². The molecule has 0 radical (unpaired) electrons. The summed E-state index contributed by atoms with van der Waals surface area (Å²) in [7, 11) is 0. The van der Waals surface area contributed by atoms with Gasteiger partial charge in [-0.15, -0.1) is 11.3 Å². The summed E-state index contributed by atoms with van der Waals surface area (Å²) in [6, 6.07) is 8.91. The number of hydrogen-bond donors (Lipinski definition) is 1. The summed E-state index contributed by atoms with van der Waals surface area (Å²) in [6.45, 7) is 5.72. The van der Waals surface area contributed by atoms with Gasteiger partial charge in [-0.05, 0) is 45.0 Å². The van der Waals surface area contributed by atoms with Gasteiger partial charge in [0, 0.05) is 11.6 Å². The molecular weight excluding hydrogens is 452 g/mol. The van der Waals surface area contributed by atoms with Gasteiger partial charge in [0.05, 0.1) is 32.1 Å². The largest absolute Gasteiger partial charge is 0.351 e. The smallest absolute Gasteiger partial charge is 0.283 e. The Bertz CT molecular complexity index is 1300. The van der Waals surface area contributed by atoms with E-state index in [0.717, 1.165) is 9.60 Å². The van der Waals surface area contributed by atoms with Crippen molar-refractivity contribution in [2.75, 3.05) is 10.7 Å². The lowest BCUT2D eigenvalue weighted by Crippen LogP contribution is -2.41. The molecule has 3 amide bonds. The van der Waals surface area contributed by atoms with E-state index in [4.69, 9.17) is 0 Å². The molecule has 0 bridgehead atoms. The van der Waals surface area contributed by atoms with Crippen LogP contribution in [0.2, 0.25) is 0 Å². The topological polar surface area (TPSA) is 123 Å². The summed E-state index contributed by atoms with van der Waals surface area (Å²) in [5.74, 6) is -1.22. The molecule has 2 heterocycles. The summed E-state index contributed by atoms with van der Waals surface area (Å²) in [5, 5.41) is 14.2. The summed E-state index contributed by atoms with van der Waals surface area (Å²) in [4.78, 5) is 53.9. The molecule has 1 aliphatic rings. The summed E-state index contributed by atoms with van der Waals surface area (Å²) < 4.78 is 1.41. The average molecular weight is 471 g/mol. The molecule has 3 aromatic rings. The molecule has 0 fully saturated rings. The van der Waals surface area contributed by atoms with E-state index in [0.29, 0.717) is 15.5 Å². The molecular formula is C21H18N4O5S2. The Labute approximate surface area is 191 Å². The number of imide groups is 1. The van der Waals surface area contributed by atoms with E-state index in [1.165, 1.54) is 41.3 Å². The van der Waals surface area contributed by atoms with E-state index in [-0.39, 0.29) is 28.3 Å². The van der Waals surface area contributed by atoms with Crippen molar-refractivity contribution < 1.29 is 19.3 Å². The third-order valence-electron chi connectivity index (χ3n) is 4.54. The molecule has 1 aromatic heterocycles. The van der Waals surface area contributed by atoms with E-state index in [1.807, 2.05) is 20.8 Å². The van der Waals surface area contributed by atoms with Gasteiger partial charge < -0.3 is 5.32 Å². The van der Waals surface area contributed by atoms with Gasteiger partial charge in [-0.3, -0.25) is 24.5 Å². The summed E-state index contributed by atoms with van der Waals surface area (Å²) in [5.41, 5.74) is 0.0719. The van der Waals surface area contributed by atoms with Crippen LogP contribution in [0.15, 0.2) is 40.7 Å². The third kappa shape index (κ3) is 4.08. The second-order valence-electron chi connectivity index (χ2n) is 8.12. The Hall–Kier alpha value is -3.31. The fraction of sp³-hybridized carbons (Fsp3) is 0.238. The van der Waals surface area contributed by atoms with Crippen LogP contribution in [0.1, 0.15) is 41.5 Å². The zero-order chi connectivity index (χ0) is 23.2. The van der Waals surface area contributed by atoms with E-state index in [2.05, 4.69) is 10.3 Å². The first-order chi connectivity index (χ1) is 15.0. The number of nitrogens with one attached hydrogen (secondary N) is 1. The number of rotatable bonds is 5. The number of benzene rings is 2. The maximum atomic E-state index is 12.9. The van der Waals surface area contributed by atoms with Crippen molar-refractivity contribution in [1.82, 2.24) is 10.3 Å². The Morgan fingerprint density at radius 2 is 1.97 bits per heavy atom. The second-order valence-corrected chi connectivity index (χ2v) is 10.4. The van der Waals surface area contributed by atoms with Crippen LogP contribution < -0.4 is 10.2 Å². The number of thioether (sulfide) groups is 1. The molecule has 1 N–H and O–H groups in total. The molecule has 0 aliphatic carbocycles. The van der Waals surface area contributed by atoms with Gasteiger partial charge in [-0.25, -0.2) is 9.88 Å². The van der Waals surface area contributed by atoms with E-state index >= 15 is 0 Å². The lowest BCUT2D eigenvalue weighted by atomic mass is 10.1. The first-order valence-corrected chi connectivity index (χ1v) is 11.4. The van der Waals surface area contributed by atoms with Crippen LogP contribution in [-0.4, -0.2) is 38.9 Å². The fourth-order valence-corrected chi connectivity index (χ4v) is 5.23. The van der Waals surface area contributed by atoms with Crippen LogP contribution in [-0.2, 0) is 4.79 Å². The molecule has 9 nitrogen and oxygen atoms in total. The van der Waals surface area contributed by atoms with Crippen molar-refractivity contribution >= 4 is 62.4 Å². The number of carbonyl (C=O) groups is 3. The molecule has 2 aromatic carbocycles. The predicted molar refractivity (Wildman–Crippen MR) is 122 cm³/mol. The molecule has 164 valence electrons. The normalized spacial score (nSPS) is 13.5. The van der Waals surface area contributed by atoms with E-state index in [9.17, 15) is 24.5 Å². The van der Waals surface area contributed by atoms with Gasteiger partial charge in [-0.1, -0.05) is 17.8 Å². The molecule has 0 saturated heterocycles. The maximum absolute atomic E-state index is 12.9. The molecule has 32 heavy (non-hydrogen) atoms. The van der Waals surface area contributed by atoms with Crippen molar-refractivity contribution in [2.45, 2.75) is 30.6 Å². The molecule has 0 spiro atoms. The lowest BCUT2D eigenvalue weighted by Gasteiger charge is -2.19. The molecule has 0 saturated carbocycles. The number of hydrogen-bond acceptors (Lipinski definition) is 8. The quantitative estimate of drug-likeness (QED) is 0.259. The zero-order valence-electron chi connectivity index (χ0n) is 17.4. The van der Waals surface area contributed by atoms with Crippen LogP contribution >= 0.6 is 23.1 Å². The summed E-state index contributed by atoms with van der Waals surface area (Å²) in [6.07, 6.45) is 0. The minimum atomic E-state index is -0.727. The second kappa shape index (κ2) is 7.99. The predicted octanol–water partition coefficient (Wildman–Crippen LogP) is 4.01. The van der Waals surface area contributed by atoms with Crippen LogP contribution in [0.3, 0.4) is 0 Å². The Morgan fingerprint density at radius 3 is 2.66 bits per heavy atom. The first kappa shape index (κ1) is 21.9. The van der Waals surface area contributed by atoms with Crippen molar-refractivity contribution in [3.63, 3.8) is 0 Å². The number of aromatic nitrogens is 1. The SMILES string of the molecule is CC(C)(C)NC(=O)CSc1nc2ccc(N3C(=O)c4cccc([N+](=O)[O-])c4C3=O)cc2s1. The highest BCUT2D eigenvalue weighted by molar-refractivity contribution is 8.01. The molecule has 4 rings (SSSR count). The molecule has 11 heteroatoms. The van der Waals surface area contributed by atoms with Gasteiger partial charge >= 0.3 is 0 Å². The van der Waals surface area contributed by atoms with E-state index in [1.54, 1.807) is 18.2 Å². The van der Waals surface area contributed by atoms with Crippen molar-refractivity contribution in [1.29, 1.82) is 0 Å². The lowest BCUT2D eigenvalue weighted by molar-refractivity contribution is -0.385. The third-order valence-corrected chi connectivity index (χ3v) is 6.70. The number of nitro groups is 1. The highest BCUT2D eigenvalue weighted by Crippen LogP contribution is 2.37. The van der Waals surface area contributed by atoms with Crippen molar-refractivity contribution in [3.05, 3.63) is 57.6 Å². The minimum Gasteiger partial charge on any atom is -0.351 e. The number of anilines is 1. The van der Waals surface area contributed by atoms with Gasteiger partial charge in [-0.2, -0.15) is 0 Å². The Morgan fingerprint density at radius 1 is 1.22 bits per heavy atom. The monoisotopic (exact) mass is 470 g/mol. The Kier molecular flexibility index (Phi) is 5.47. The van der Waals surface area contributed by atoms with E-state index < -0.39 is 22.4 Å². The van der Waals surface area contributed by atoms with Crippen molar-refractivity contribution in [3.8, 4) is 0 Å². The van der Waals surface area contributed by atoms with Gasteiger partial charge in [0.25, 0.3) is 17.5 Å². The first-order valence-electron chi connectivity index (χ1n) is 9.56. The molecule has 0 unspecified atom stereocenters. The summed E-state index contributed by atoms with van der Waals surface area (Å²) >= 11 is 2.64. The van der Waals surface area contributed by atoms with Crippen LogP contribution in [0.4, 0.5) is 11.4 Å². The molecule has 0 atom stereocenters. The van der Waals surface area contributed by atoms with Gasteiger partial charge in [0.1, 0.15) is 5.56 Å². The number of nitro benzene ring substituents is 1. The van der Waals surface area contributed by atoms with Crippen LogP contribution in [0, 0.1) is 10.1 Å². The minimum absolute atomic E-state index is 0.00899. The molecule has 1 aliphatic heterocycles. The average Bonchev–Trinajstić information content (AvgIpc) is 3.23. The van der Waals surface area contributed by atoms with Gasteiger partial charge in [0.2, 0.25) is 5.91 Å². The van der Waals surface area contributed by atoms with Crippen LogP contribution in [0.5, 0.6) is 0 Å². The van der Waals surface area contributed by atoms with Crippen molar-refractivity contribution in [2.24, 2.45) is 0 Å². The standard InChI is InChI=1S/C21H18N4O5S2/c1-21(2,3)23-16(26)10-31-20-22-13-8-7-11(9-15(13)32-20)24-18(27)12-5-4-6-14(25(29)30)17(12)19(24)28/h4-9H,10H2,1-3H3,(H,23,26). The Balaban J connectivity index is 1.59. The number of carbonyl (C=O) groups excluding carboxylic acids is 3. The van der Waals surface area contributed by atoms with Gasteiger partial charge in [0.15, 0.2) is 4.34 Å². The highest BCUT2D eigenvalue weighted by atomic mass is 32.2. The maximum Gasteiger partial charge on any atom is 0.283 e. The number of thiazole rings is 1. The number of nitrogens with zero attached hydrogens (tertiary/aromatic N) is 3. The number of amides is 3.